The molecule has 16 heavy (non-hydrogen) atoms. The number of aryl methyl sites for hydroxylation is 1. The van der Waals surface area contributed by atoms with Crippen LogP contribution in [-0.2, 0) is 13.1 Å². The van der Waals surface area contributed by atoms with Gasteiger partial charge < -0.3 is 5.32 Å². The van der Waals surface area contributed by atoms with Crippen molar-refractivity contribution in [1.29, 1.82) is 0 Å². The lowest BCUT2D eigenvalue weighted by Crippen LogP contribution is -2.05. The van der Waals surface area contributed by atoms with Gasteiger partial charge in [0.15, 0.2) is 0 Å². The van der Waals surface area contributed by atoms with Gasteiger partial charge in [0.1, 0.15) is 0 Å². The molecule has 0 bridgehead atoms. The average Bonchev–Trinajstić information content (AvgIpc) is 2.74. The summed E-state index contributed by atoms with van der Waals surface area (Å²) in [4.78, 5) is 4.02. The molecule has 4 heteroatoms. The van der Waals surface area contributed by atoms with Crippen molar-refractivity contribution >= 4 is 0 Å². The van der Waals surface area contributed by atoms with E-state index in [9.17, 15) is 0 Å². The minimum Gasteiger partial charge on any atom is -0.316 e. The molecule has 0 saturated heterocycles. The largest absolute Gasteiger partial charge is 0.316 e. The molecule has 1 N–H and O–H groups in total. The van der Waals surface area contributed by atoms with Crippen LogP contribution in [0.3, 0.4) is 0 Å². The number of nitrogens with one attached hydrogen (secondary N) is 1. The molecular weight excluding hydrogens is 200 g/mol. The van der Waals surface area contributed by atoms with Crippen molar-refractivity contribution in [1.82, 2.24) is 20.1 Å². The van der Waals surface area contributed by atoms with Gasteiger partial charge in [-0.3, -0.25) is 9.67 Å². The molecule has 0 unspecified atom stereocenters. The van der Waals surface area contributed by atoms with Crippen molar-refractivity contribution in [2.24, 2.45) is 0 Å². The van der Waals surface area contributed by atoms with Crippen molar-refractivity contribution in [3.05, 3.63) is 36.3 Å². The number of hydrogen-bond donors (Lipinski definition) is 1. The van der Waals surface area contributed by atoms with Gasteiger partial charge in [-0.15, -0.1) is 0 Å². The van der Waals surface area contributed by atoms with Gasteiger partial charge in [-0.25, -0.2) is 0 Å². The van der Waals surface area contributed by atoms with E-state index in [-0.39, 0.29) is 0 Å². The van der Waals surface area contributed by atoms with E-state index < -0.39 is 0 Å². The zero-order valence-corrected chi connectivity index (χ0v) is 9.64. The highest BCUT2D eigenvalue weighted by molar-refractivity contribution is 5.61. The van der Waals surface area contributed by atoms with Gasteiger partial charge in [-0.1, -0.05) is 0 Å². The van der Waals surface area contributed by atoms with E-state index in [1.54, 1.807) is 12.4 Å². The van der Waals surface area contributed by atoms with Crippen LogP contribution in [-0.4, -0.2) is 21.8 Å². The lowest BCUT2D eigenvalue weighted by atomic mass is 10.1. The van der Waals surface area contributed by atoms with Crippen molar-refractivity contribution in [2.45, 2.75) is 20.0 Å². The first-order chi connectivity index (χ1) is 7.85. The second-order valence-corrected chi connectivity index (χ2v) is 3.62. The van der Waals surface area contributed by atoms with Crippen LogP contribution in [0.1, 0.15) is 12.5 Å². The quantitative estimate of drug-likeness (QED) is 0.845. The predicted octanol–water partition coefficient (Wildman–Crippen LogP) is 1.68. The normalized spacial score (nSPS) is 10.6. The molecule has 0 radical (unpaired) electrons. The standard InChI is InChI=1S/C12H16N4/c1-3-16-9-11(8-13-2)12(15-16)10-4-6-14-7-5-10/h4-7,9,13H,3,8H2,1-2H3. The Morgan fingerprint density at radius 3 is 2.69 bits per heavy atom. The SMILES string of the molecule is CCn1cc(CNC)c(-c2ccncc2)n1. The van der Waals surface area contributed by atoms with E-state index in [0.29, 0.717) is 0 Å². The lowest BCUT2D eigenvalue weighted by molar-refractivity contribution is 0.660. The van der Waals surface area contributed by atoms with E-state index in [1.807, 2.05) is 23.9 Å². The summed E-state index contributed by atoms with van der Waals surface area (Å²) < 4.78 is 1.96. The molecule has 0 spiro atoms. The molecular formula is C12H16N4. The van der Waals surface area contributed by atoms with E-state index in [4.69, 9.17) is 0 Å². The minimum atomic E-state index is 0.831. The van der Waals surface area contributed by atoms with Crippen molar-refractivity contribution in [3.63, 3.8) is 0 Å². The van der Waals surface area contributed by atoms with Crippen LogP contribution in [0.15, 0.2) is 30.7 Å². The van der Waals surface area contributed by atoms with Gasteiger partial charge in [0.05, 0.1) is 5.69 Å². The molecule has 4 nitrogen and oxygen atoms in total. The molecule has 2 heterocycles. The number of rotatable bonds is 4. The third-order valence-corrected chi connectivity index (χ3v) is 2.48. The Morgan fingerprint density at radius 1 is 1.31 bits per heavy atom. The lowest BCUT2D eigenvalue weighted by Gasteiger charge is -2.00. The molecule has 2 aromatic rings. The molecule has 0 aliphatic rings. The Hall–Kier alpha value is -1.68. The number of nitrogens with zero attached hydrogens (tertiary/aromatic N) is 3. The maximum atomic E-state index is 4.57. The molecule has 2 rings (SSSR count). The van der Waals surface area contributed by atoms with Crippen molar-refractivity contribution in [3.8, 4) is 11.3 Å². The smallest absolute Gasteiger partial charge is 0.0969 e. The molecule has 0 aliphatic heterocycles. The van der Waals surface area contributed by atoms with Gasteiger partial charge in [0, 0.05) is 42.8 Å². The zero-order chi connectivity index (χ0) is 11.4. The van der Waals surface area contributed by atoms with Crippen molar-refractivity contribution in [2.75, 3.05) is 7.05 Å². The summed E-state index contributed by atoms with van der Waals surface area (Å²) in [5.74, 6) is 0. The maximum Gasteiger partial charge on any atom is 0.0969 e. The number of hydrogen-bond acceptors (Lipinski definition) is 3. The molecule has 0 atom stereocenters. The van der Waals surface area contributed by atoms with Crippen LogP contribution in [0.4, 0.5) is 0 Å². The Labute approximate surface area is 95.3 Å². The Morgan fingerprint density at radius 2 is 2.06 bits per heavy atom. The number of aromatic nitrogens is 3. The second-order valence-electron chi connectivity index (χ2n) is 3.62. The summed E-state index contributed by atoms with van der Waals surface area (Å²) >= 11 is 0. The Kier molecular flexibility index (Phi) is 3.31. The Balaban J connectivity index is 2.42. The van der Waals surface area contributed by atoms with Gasteiger partial charge in [-0.2, -0.15) is 5.10 Å². The van der Waals surface area contributed by atoms with Gasteiger partial charge in [0.2, 0.25) is 0 Å². The molecule has 0 saturated carbocycles. The zero-order valence-electron chi connectivity index (χ0n) is 9.64. The van der Waals surface area contributed by atoms with E-state index in [1.165, 1.54) is 5.56 Å². The van der Waals surface area contributed by atoms with Gasteiger partial charge in [-0.05, 0) is 26.1 Å². The van der Waals surface area contributed by atoms with Crippen LogP contribution >= 0.6 is 0 Å². The summed E-state index contributed by atoms with van der Waals surface area (Å²) in [7, 11) is 1.94. The monoisotopic (exact) mass is 216 g/mol. The van der Waals surface area contributed by atoms with E-state index in [0.717, 1.165) is 24.3 Å². The maximum absolute atomic E-state index is 4.57. The molecule has 0 amide bonds. The molecule has 84 valence electrons. The van der Waals surface area contributed by atoms with E-state index in [2.05, 4.69) is 28.5 Å². The molecule has 0 aromatic carbocycles. The highest BCUT2D eigenvalue weighted by Crippen LogP contribution is 2.21. The summed E-state index contributed by atoms with van der Waals surface area (Å²) in [6.45, 7) is 3.81. The third-order valence-electron chi connectivity index (χ3n) is 2.48. The van der Waals surface area contributed by atoms with Crippen LogP contribution in [0.25, 0.3) is 11.3 Å². The molecule has 2 aromatic heterocycles. The van der Waals surface area contributed by atoms with Crippen LogP contribution in [0, 0.1) is 0 Å². The Bertz CT molecular complexity index is 447. The van der Waals surface area contributed by atoms with Crippen molar-refractivity contribution < 1.29 is 0 Å². The summed E-state index contributed by atoms with van der Waals surface area (Å²) in [6, 6.07) is 3.98. The third kappa shape index (κ3) is 2.12. The fourth-order valence-corrected chi connectivity index (χ4v) is 1.70. The highest BCUT2D eigenvalue weighted by Gasteiger charge is 2.09. The number of pyridine rings is 1. The van der Waals surface area contributed by atoms with Crippen LogP contribution in [0.2, 0.25) is 0 Å². The summed E-state index contributed by atoms with van der Waals surface area (Å²) in [5.41, 5.74) is 3.38. The van der Waals surface area contributed by atoms with Crippen LogP contribution in [0.5, 0.6) is 0 Å². The first kappa shape index (κ1) is 10.8. The fraction of sp³-hybridized carbons (Fsp3) is 0.333. The summed E-state index contributed by atoms with van der Waals surface area (Å²) in [5, 5.41) is 7.73. The van der Waals surface area contributed by atoms with Gasteiger partial charge in [0.25, 0.3) is 0 Å². The first-order valence-electron chi connectivity index (χ1n) is 5.46. The van der Waals surface area contributed by atoms with Crippen LogP contribution < -0.4 is 5.32 Å². The second kappa shape index (κ2) is 4.90. The predicted molar refractivity (Wildman–Crippen MR) is 63.9 cm³/mol. The van der Waals surface area contributed by atoms with E-state index >= 15 is 0 Å². The topological polar surface area (TPSA) is 42.7 Å². The fourth-order valence-electron chi connectivity index (χ4n) is 1.70. The minimum absolute atomic E-state index is 0.831. The average molecular weight is 216 g/mol. The molecule has 0 fully saturated rings. The van der Waals surface area contributed by atoms with Gasteiger partial charge >= 0.3 is 0 Å². The first-order valence-corrected chi connectivity index (χ1v) is 5.46. The summed E-state index contributed by atoms with van der Waals surface area (Å²) in [6.07, 6.45) is 5.68. The highest BCUT2D eigenvalue weighted by atomic mass is 15.3. The molecule has 0 aliphatic carbocycles.